The largest absolute Gasteiger partial charge is 0.466 e. The highest BCUT2D eigenvalue weighted by Gasteiger charge is 2.20. The topological polar surface area (TPSA) is 95.9 Å². The fraction of sp³-hybridized carbons (Fsp3) is 0.954. The van der Waals surface area contributed by atoms with Crippen molar-refractivity contribution in [3.8, 4) is 0 Å². The van der Waals surface area contributed by atoms with Gasteiger partial charge in [-0.3, -0.25) is 9.59 Å². The molecule has 0 aromatic carbocycles. The summed E-state index contributed by atoms with van der Waals surface area (Å²) in [5.74, 6) is -0.000339. The Morgan fingerprint density at radius 1 is 0.290 bits per heavy atom. The van der Waals surface area contributed by atoms with Gasteiger partial charge in [-0.2, -0.15) is 0 Å². The van der Waals surface area contributed by atoms with Gasteiger partial charge < -0.3 is 20.3 Å². The maximum Gasteiger partial charge on any atom is 0.305 e. The molecule has 6 nitrogen and oxygen atoms in total. The monoisotopic (exact) mass is 1310 g/mol. The van der Waals surface area contributed by atoms with Crippen molar-refractivity contribution in [1.29, 1.82) is 0 Å². The van der Waals surface area contributed by atoms with Gasteiger partial charge in [0.05, 0.1) is 25.4 Å². The summed E-state index contributed by atoms with van der Waals surface area (Å²) in [6.45, 7) is 5.03. The van der Waals surface area contributed by atoms with Gasteiger partial charge in [0, 0.05) is 12.8 Å². The average Bonchev–Trinajstić information content (AvgIpc) is 3.78. The Hall–Kier alpha value is -1.40. The number of carbonyl (C=O) groups excluding carboxylic acids is 2. The van der Waals surface area contributed by atoms with Crippen LogP contribution in [-0.2, 0) is 14.3 Å². The molecular weight excluding hydrogens is 1140 g/mol. The van der Waals surface area contributed by atoms with Crippen LogP contribution in [0.15, 0.2) is 12.2 Å². The van der Waals surface area contributed by atoms with Crippen LogP contribution in [0.2, 0.25) is 0 Å². The lowest BCUT2D eigenvalue weighted by Gasteiger charge is -2.22. The Kier molecular flexibility index (Phi) is 81.8. The van der Waals surface area contributed by atoms with Gasteiger partial charge in [-0.05, 0) is 51.4 Å². The minimum Gasteiger partial charge on any atom is -0.466 e. The van der Waals surface area contributed by atoms with Crippen molar-refractivity contribution in [1.82, 2.24) is 5.32 Å². The zero-order valence-electron chi connectivity index (χ0n) is 63.8. The molecule has 0 fully saturated rings. The predicted octanol–water partition coefficient (Wildman–Crippen LogP) is 29.0. The molecule has 1 amide bonds. The van der Waals surface area contributed by atoms with Crippen LogP contribution >= 0.6 is 0 Å². The zero-order chi connectivity index (χ0) is 67.0. The van der Waals surface area contributed by atoms with E-state index in [0.29, 0.717) is 25.9 Å². The molecule has 0 aromatic heterocycles. The number of aliphatic hydroxyl groups excluding tert-OH is 2. The molecular formula is C87H171NO5. The summed E-state index contributed by atoms with van der Waals surface area (Å²) in [6.07, 6.45) is 106. The van der Waals surface area contributed by atoms with Crippen molar-refractivity contribution < 1.29 is 24.5 Å². The van der Waals surface area contributed by atoms with E-state index in [1.54, 1.807) is 0 Å². The SMILES string of the molecule is CCCCCCCCCCCCCCCCCCCCCCCCCCCC(O)C(CO)NC(=O)CCCCCCCCCCCCCCCCCCC/C=C\CCCCCCCCCCCCCCOC(=O)CCCCCCCCCCCCCCCCCCCC. The summed E-state index contributed by atoms with van der Waals surface area (Å²) in [5, 5.41) is 23.5. The molecule has 2 atom stereocenters. The van der Waals surface area contributed by atoms with E-state index in [2.05, 4.69) is 31.3 Å². The number of nitrogens with one attached hydrogen (secondary N) is 1. The maximum absolute atomic E-state index is 12.6. The van der Waals surface area contributed by atoms with Crippen LogP contribution in [0.4, 0.5) is 0 Å². The Morgan fingerprint density at radius 3 is 0.763 bits per heavy atom. The van der Waals surface area contributed by atoms with Crippen molar-refractivity contribution in [3.05, 3.63) is 12.2 Å². The van der Waals surface area contributed by atoms with Gasteiger partial charge in [-0.25, -0.2) is 0 Å². The molecule has 0 bridgehead atoms. The highest BCUT2D eigenvalue weighted by Crippen LogP contribution is 2.21. The number of carbonyl (C=O) groups is 2. The summed E-state index contributed by atoms with van der Waals surface area (Å²) in [7, 11) is 0. The number of ether oxygens (including phenoxy) is 1. The summed E-state index contributed by atoms with van der Waals surface area (Å²) >= 11 is 0. The lowest BCUT2D eigenvalue weighted by atomic mass is 10.0. The molecule has 93 heavy (non-hydrogen) atoms. The van der Waals surface area contributed by atoms with Crippen molar-refractivity contribution in [2.24, 2.45) is 0 Å². The van der Waals surface area contributed by atoms with Crippen molar-refractivity contribution in [3.63, 3.8) is 0 Å². The van der Waals surface area contributed by atoms with Gasteiger partial charge in [-0.1, -0.05) is 456 Å². The zero-order valence-corrected chi connectivity index (χ0v) is 63.8. The Morgan fingerprint density at radius 2 is 0.505 bits per heavy atom. The molecule has 0 radical (unpaired) electrons. The average molecular weight is 1310 g/mol. The summed E-state index contributed by atoms with van der Waals surface area (Å²) in [4.78, 5) is 24.7. The second-order valence-electron chi connectivity index (χ2n) is 30.2. The molecule has 0 saturated heterocycles. The van der Waals surface area contributed by atoms with Gasteiger partial charge in [0.25, 0.3) is 0 Å². The van der Waals surface area contributed by atoms with Crippen molar-refractivity contribution in [2.45, 2.75) is 520 Å². The van der Waals surface area contributed by atoms with Crippen LogP contribution in [-0.4, -0.2) is 47.4 Å². The number of esters is 1. The first-order chi connectivity index (χ1) is 46.0. The standard InChI is InChI=1S/C87H171NO5/c1-3-5-7-9-11-13-15-17-19-21-23-24-25-35-38-41-44-47-51-55-59-63-67-71-75-79-85(90)84(83-89)88-86(91)80-76-72-68-64-60-56-52-48-45-42-39-36-33-31-29-27-26-28-30-32-34-37-40-43-46-50-54-58-62-66-70-74-78-82-93-87(92)81-77-73-69-65-61-57-53-49-22-20-18-16-14-12-10-8-6-4-2/h30,32,84-85,89-90H,3-29,31,33-83H2,1-2H3,(H,88,91)/b32-30-. The number of hydrogen-bond acceptors (Lipinski definition) is 5. The van der Waals surface area contributed by atoms with E-state index >= 15 is 0 Å². The van der Waals surface area contributed by atoms with Crippen molar-refractivity contribution >= 4 is 11.9 Å². The Bertz CT molecular complexity index is 1420. The van der Waals surface area contributed by atoms with E-state index in [-0.39, 0.29) is 18.5 Å². The third-order valence-electron chi connectivity index (χ3n) is 20.8. The predicted molar refractivity (Wildman–Crippen MR) is 412 cm³/mol. The molecule has 0 aromatic rings. The van der Waals surface area contributed by atoms with Gasteiger partial charge in [-0.15, -0.1) is 0 Å². The van der Waals surface area contributed by atoms with Crippen molar-refractivity contribution in [2.75, 3.05) is 13.2 Å². The van der Waals surface area contributed by atoms with Crippen LogP contribution < -0.4 is 5.32 Å². The highest BCUT2D eigenvalue weighted by molar-refractivity contribution is 5.76. The fourth-order valence-corrected chi connectivity index (χ4v) is 14.2. The third kappa shape index (κ3) is 79.5. The summed E-state index contributed by atoms with van der Waals surface area (Å²) < 4.78 is 5.52. The molecule has 3 N–H and O–H groups in total. The van der Waals surface area contributed by atoms with Gasteiger partial charge >= 0.3 is 5.97 Å². The minimum atomic E-state index is -0.663. The van der Waals surface area contributed by atoms with E-state index in [4.69, 9.17) is 4.74 Å². The van der Waals surface area contributed by atoms with E-state index < -0.39 is 12.1 Å². The quantitative estimate of drug-likeness (QED) is 0.0320. The van der Waals surface area contributed by atoms with Gasteiger partial charge in [0.15, 0.2) is 0 Å². The van der Waals surface area contributed by atoms with Crippen LogP contribution in [0.25, 0.3) is 0 Å². The Balaban J connectivity index is 3.34. The molecule has 6 heteroatoms. The maximum atomic E-state index is 12.6. The molecule has 0 aliphatic carbocycles. The molecule has 0 rings (SSSR count). The normalized spacial score (nSPS) is 12.4. The highest BCUT2D eigenvalue weighted by atomic mass is 16.5. The first-order valence-electron chi connectivity index (χ1n) is 43.4. The summed E-state index contributed by atoms with van der Waals surface area (Å²) in [5.41, 5.74) is 0. The van der Waals surface area contributed by atoms with Gasteiger partial charge in [0.1, 0.15) is 0 Å². The molecule has 554 valence electrons. The van der Waals surface area contributed by atoms with E-state index in [0.717, 1.165) is 38.5 Å². The Labute approximate surface area is 584 Å². The second-order valence-corrected chi connectivity index (χ2v) is 30.2. The van der Waals surface area contributed by atoms with Crippen LogP contribution in [0.5, 0.6) is 0 Å². The number of amides is 1. The first kappa shape index (κ1) is 91.6. The van der Waals surface area contributed by atoms with Crippen LogP contribution in [0.3, 0.4) is 0 Å². The number of rotatable bonds is 83. The van der Waals surface area contributed by atoms with Crippen LogP contribution in [0.1, 0.15) is 508 Å². The number of allylic oxidation sites excluding steroid dienone is 2. The number of hydrogen-bond donors (Lipinski definition) is 3. The van der Waals surface area contributed by atoms with E-state index in [9.17, 15) is 19.8 Å². The van der Waals surface area contributed by atoms with Gasteiger partial charge in [0.2, 0.25) is 5.91 Å². The number of aliphatic hydroxyl groups is 2. The molecule has 0 aliphatic rings. The minimum absolute atomic E-state index is 0.0247. The molecule has 0 spiro atoms. The summed E-state index contributed by atoms with van der Waals surface area (Å²) in [6, 6.07) is -0.540. The lowest BCUT2D eigenvalue weighted by molar-refractivity contribution is -0.143. The molecule has 0 heterocycles. The number of unbranched alkanes of at least 4 members (excludes halogenated alkanes) is 70. The molecule has 2 unspecified atom stereocenters. The van der Waals surface area contributed by atoms with E-state index in [1.807, 2.05) is 0 Å². The second kappa shape index (κ2) is 83.0. The molecule has 0 saturated carbocycles. The van der Waals surface area contributed by atoms with E-state index in [1.165, 1.54) is 437 Å². The first-order valence-corrected chi connectivity index (χ1v) is 43.4. The van der Waals surface area contributed by atoms with Crippen LogP contribution in [0, 0.1) is 0 Å². The lowest BCUT2D eigenvalue weighted by Crippen LogP contribution is -2.45. The smallest absolute Gasteiger partial charge is 0.305 e. The fourth-order valence-electron chi connectivity index (χ4n) is 14.2. The molecule has 0 aliphatic heterocycles. The third-order valence-corrected chi connectivity index (χ3v) is 20.8.